The van der Waals surface area contributed by atoms with Gasteiger partial charge in [0.25, 0.3) is 0 Å². The maximum atomic E-state index is 3.87. The molecule has 0 bridgehead atoms. The Kier molecular flexibility index (Phi) is 5.34. The van der Waals surface area contributed by atoms with E-state index >= 15 is 0 Å². The topological polar surface area (TPSA) is 12.0 Å². The minimum atomic E-state index is 0.798. The van der Waals surface area contributed by atoms with E-state index in [1.54, 1.807) is 0 Å². The number of hydrogen-bond acceptors (Lipinski definition) is 1. The molecule has 2 atom stereocenters. The number of rotatable bonds is 4. The molecular formula is C16H31N. The van der Waals surface area contributed by atoms with E-state index in [0.717, 1.165) is 23.8 Å². The van der Waals surface area contributed by atoms with Crippen LogP contribution in [-0.2, 0) is 0 Å². The largest absolute Gasteiger partial charge is 0.313 e. The number of hydrogen-bond donors (Lipinski definition) is 1. The Balaban J connectivity index is 1.66. The van der Waals surface area contributed by atoms with Gasteiger partial charge in [-0.15, -0.1) is 0 Å². The summed E-state index contributed by atoms with van der Waals surface area (Å²) in [6.07, 6.45) is 13.2. The summed E-state index contributed by atoms with van der Waals surface area (Å²) in [6.45, 7) is 6.14. The molecule has 0 saturated heterocycles. The molecule has 0 aromatic carbocycles. The molecule has 2 aliphatic rings. The molecule has 0 spiro atoms. The zero-order chi connectivity index (χ0) is 12.1. The van der Waals surface area contributed by atoms with Gasteiger partial charge in [0.2, 0.25) is 0 Å². The highest BCUT2D eigenvalue weighted by atomic mass is 14.9. The van der Waals surface area contributed by atoms with Crippen LogP contribution < -0.4 is 5.32 Å². The van der Waals surface area contributed by atoms with E-state index in [9.17, 15) is 0 Å². The smallest absolute Gasteiger partial charge is 0.0118 e. The first-order valence-electron chi connectivity index (χ1n) is 8.00. The van der Waals surface area contributed by atoms with E-state index in [0.29, 0.717) is 0 Å². The highest BCUT2D eigenvalue weighted by Gasteiger charge is 2.27. The van der Waals surface area contributed by atoms with Crippen LogP contribution in [0.2, 0.25) is 0 Å². The molecular weight excluding hydrogens is 206 g/mol. The standard InChI is InChI=1S/C16H31N/c1-13-7-6-8-14(2)16(13)17-12-11-15-9-4-3-5-10-15/h13-17H,3-12H2,1-2H3. The first-order chi connectivity index (χ1) is 8.27. The molecule has 0 aromatic rings. The molecule has 2 saturated carbocycles. The molecule has 100 valence electrons. The zero-order valence-electron chi connectivity index (χ0n) is 11.9. The minimum Gasteiger partial charge on any atom is -0.313 e. The highest BCUT2D eigenvalue weighted by molar-refractivity contribution is 4.83. The van der Waals surface area contributed by atoms with Gasteiger partial charge in [-0.25, -0.2) is 0 Å². The molecule has 1 nitrogen and oxygen atoms in total. The van der Waals surface area contributed by atoms with Crippen LogP contribution in [-0.4, -0.2) is 12.6 Å². The van der Waals surface area contributed by atoms with E-state index in [1.165, 1.54) is 64.3 Å². The van der Waals surface area contributed by atoms with Gasteiger partial charge in [0.1, 0.15) is 0 Å². The maximum absolute atomic E-state index is 3.87. The molecule has 0 aromatic heterocycles. The molecule has 0 heterocycles. The van der Waals surface area contributed by atoms with Crippen molar-refractivity contribution in [3.05, 3.63) is 0 Å². The fourth-order valence-electron chi connectivity index (χ4n) is 4.01. The van der Waals surface area contributed by atoms with Gasteiger partial charge in [0, 0.05) is 6.04 Å². The van der Waals surface area contributed by atoms with Crippen molar-refractivity contribution >= 4 is 0 Å². The summed E-state index contributed by atoms with van der Waals surface area (Å²) in [5.74, 6) is 2.82. The van der Waals surface area contributed by atoms with Crippen LogP contribution in [0.3, 0.4) is 0 Å². The first-order valence-corrected chi connectivity index (χ1v) is 8.00. The summed E-state index contributed by atoms with van der Waals surface area (Å²) < 4.78 is 0. The lowest BCUT2D eigenvalue weighted by molar-refractivity contribution is 0.203. The Hall–Kier alpha value is -0.0400. The molecule has 1 heteroatoms. The van der Waals surface area contributed by atoms with Crippen LogP contribution in [0.25, 0.3) is 0 Å². The van der Waals surface area contributed by atoms with Crippen molar-refractivity contribution in [1.82, 2.24) is 5.32 Å². The van der Waals surface area contributed by atoms with Gasteiger partial charge in [0.15, 0.2) is 0 Å². The van der Waals surface area contributed by atoms with E-state index in [-0.39, 0.29) is 0 Å². The fraction of sp³-hybridized carbons (Fsp3) is 1.00. The van der Waals surface area contributed by atoms with Crippen LogP contribution in [0.4, 0.5) is 0 Å². The van der Waals surface area contributed by atoms with Gasteiger partial charge < -0.3 is 5.32 Å². The summed E-state index contributed by atoms with van der Waals surface area (Å²) in [4.78, 5) is 0. The molecule has 0 radical (unpaired) electrons. The second-order valence-corrected chi connectivity index (χ2v) is 6.66. The Bertz CT molecular complexity index is 198. The van der Waals surface area contributed by atoms with Gasteiger partial charge >= 0.3 is 0 Å². The summed E-state index contributed by atoms with van der Waals surface area (Å²) in [5, 5.41) is 3.87. The zero-order valence-corrected chi connectivity index (χ0v) is 11.9. The Morgan fingerprint density at radius 3 is 2.12 bits per heavy atom. The molecule has 2 unspecified atom stereocenters. The van der Waals surface area contributed by atoms with Crippen LogP contribution in [0.1, 0.15) is 71.6 Å². The van der Waals surface area contributed by atoms with Crippen LogP contribution in [0, 0.1) is 17.8 Å². The lowest BCUT2D eigenvalue weighted by atomic mass is 9.78. The van der Waals surface area contributed by atoms with Crippen molar-refractivity contribution in [3.8, 4) is 0 Å². The SMILES string of the molecule is CC1CCCC(C)C1NCCC1CCCCC1. The van der Waals surface area contributed by atoms with E-state index in [1.807, 2.05) is 0 Å². The normalized spacial score (nSPS) is 36.0. The molecule has 2 aliphatic carbocycles. The van der Waals surface area contributed by atoms with Crippen molar-refractivity contribution in [2.45, 2.75) is 77.7 Å². The van der Waals surface area contributed by atoms with Crippen molar-refractivity contribution < 1.29 is 0 Å². The second-order valence-electron chi connectivity index (χ2n) is 6.66. The average molecular weight is 237 g/mol. The van der Waals surface area contributed by atoms with Gasteiger partial charge in [-0.1, -0.05) is 52.4 Å². The highest BCUT2D eigenvalue weighted by Crippen LogP contribution is 2.29. The molecule has 1 N–H and O–H groups in total. The molecule has 0 amide bonds. The fourth-order valence-corrected chi connectivity index (χ4v) is 4.01. The third-order valence-corrected chi connectivity index (χ3v) is 5.20. The lowest BCUT2D eigenvalue weighted by Gasteiger charge is -2.36. The van der Waals surface area contributed by atoms with Crippen molar-refractivity contribution in [1.29, 1.82) is 0 Å². The van der Waals surface area contributed by atoms with Gasteiger partial charge in [-0.2, -0.15) is 0 Å². The Morgan fingerprint density at radius 1 is 0.824 bits per heavy atom. The van der Waals surface area contributed by atoms with Gasteiger partial charge in [-0.3, -0.25) is 0 Å². The maximum Gasteiger partial charge on any atom is 0.0118 e. The lowest BCUT2D eigenvalue weighted by Crippen LogP contribution is -2.43. The summed E-state index contributed by atoms with van der Waals surface area (Å²) in [6, 6.07) is 0.798. The Labute approximate surface area is 108 Å². The predicted octanol–water partition coefficient (Wildman–Crippen LogP) is 4.37. The predicted molar refractivity (Wildman–Crippen MR) is 75.2 cm³/mol. The van der Waals surface area contributed by atoms with Crippen molar-refractivity contribution in [3.63, 3.8) is 0 Å². The van der Waals surface area contributed by atoms with E-state index in [4.69, 9.17) is 0 Å². The van der Waals surface area contributed by atoms with Gasteiger partial charge in [0.05, 0.1) is 0 Å². The third-order valence-electron chi connectivity index (χ3n) is 5.20. The summed E-state index contributed by atoms with van der Waals surface area (Å²) in [5.41, 5.74) is 0. The third kappa shape index (κ3) is 3.98. The van der Waals surface area contributed by atoms with Crippen LogP contribution in [0.15, 0.2) is 0 Å². The second kappa shape index (κ2) is 6.78. The molecule has 2 fully saturated rings. The average Bonchev–Trinajstić information content (AvgIpc) is 2.34. The summed E-state index contributed by atoms with van der Waals surface area (Å²) >= 11 is 0. The van der Waals surface area contributed by atoms with Crippen molar-refractivity contribution in [2.24, 2.45) is 17.8 Å². The van der Waals surface area contributed by atoms with Crippen LogP contribution >= 0.6 is 0 Å². The van der Waals surface area contributed by atoms with E-state index < -0.39 is 0 Å². The molecule has 17 heavy (non-hydrogen) atoms. The number of nitrogens with one attached hydrogen (secondary N) is 1. The molecule has 0 aliphatic heterocycles. The van der Waals surface area contributed by atoms with Crippen molar-refractivity contribution in [2.75, 3.05) is 6.54 Å². The quantitative estimate of drug-likeness (QED) is 0.765. The summed E-state index contributed by atoms with van der Waals surface area (Å²) in [7, 11) is 0. The molecule has 2 rings (SSSR count). The van der Waals surface area contributed by atoms with E-state index in [2.05, 4.69) is 19.2 Å². The minimum absolute atomic E-state index is 0.798. The monoisotopic (exact) mass is 237 g/mol. The van der Waals surface area contributed by atoms with Gasteiger partial charge in [-0.05, 0) is 43.6 Å². The Morgan fingerprint density at radius 2 is 1.47 bits per heavy atom. The van der Waals surface area contributed by atoms with Crippen LogP contribution in [0.5, 0.6) is 0 Å². The first kappa shape index (κ1) is 13.4.